The quantitative estimate of drug-likeness (QED) is 0.506. The van der Waals surface area contributed by atoms with Gasteiger partial charge in [0.15, 0.2) is 11.5 Å². The summed E-state index contributed by atoms with van der Waals surface area (Å²) in [6, 6.07) is 16.2. The van der Waals surface area contributed by atoms with Crippen LogP contribution in [0.15, 0.2) is 60.8 Å². The third-order valence-corrected chi connectivity index (χ3v) is 5.31. The van der Waals surface area contributed by atoms with Crippen LogP contribution in [0, 0.1) is 0 Å². The van der Waals surface area contributed by atoms with E-state index in [1.54, 1.807) is 22.9 Å². The first kappa shape index (κ1) is 16.6. The van der Waals surface area contributed by atoms with Crippen molar-refractivity contribution >= 4 is 34.1 Å². The van der Waals surface area contributed by atoms with Crippen molar-refractivity contribution in [1.29, 1.82) is 0 Å². The molecule has 0 unspecified atom stereocenters. The van der Waals surface area contributed by atoms with E-state index in [9.17, 15) is 4.79 Å². The topological polar surface area (TPSA) is 63.4 Å². The van der Waals surface area contributed by atoms with Gasteiger partial charge in [-0.15, -0.1) is 10.2 Å². The normalized spacial score (nSPS) is 16.8. The molecule has 0 aliphatic carbocycles. The first-order valence-electron chi connectivity index (χ1n) is 9.41. The molecule has 3 heterocycles. The average molecular weight is 369 g/mol. The van der Waals surface area contributed by atoms with E-state index in [4.69, 9.17) is 0 Å². The minimum Gasteiger partial charge on any atom is -0.306 e. The lowest BCUT2D eigenvalue weighted by Crippen LogP contribution is -2.41. The molecule has 0 fully saturated rings. The fourth-order valence-corrected chi connectivity index (χ4v) is 3.86. The van der Waals surface area contributed by atoms with Gasteiger partial charge in [0.1, 0.15) is 0 Å². The largest absolute Gasteiger partial charge is 0.306 e. The number of rotatable bonds is 2. The zero-order valence-electron chi connectivity index (χ0n) is 15.5. The Labute approximate surface area is 162 Å². The summed E-state index contributed by atoms with van der Waals surface area (Å²) < 4.78 is 1.67. The van der Waals surface area contributed by atoms with Crippen molar-refractivity contribution in [3.8, 4) is 0 Å². The lowest BCUT2D eigenvalue weighted by molar-refractivity contribution is -0.114. The molecule has 6 heteroatoms. The molecule has 0 N–H and O–H groups in total. The number of aryl methyl sites for hydroxylation is 1. The zero-order chi connectivity index (χ0) is 19.1. The van der Waals surface area contributed by atoms with Gasteiger partial charge in [-0.25, -0.2) is 0 Å². The van der Waals surface area contributed by atoms with Gasteiger partial charge in [-0.1, -0.05) is 42.5 Å². The average Bonchev–Trinajstić information content (AvgIpc) is 3.15. The van der Waals surface area contributed by atoms with Crippen LogP contribution < -0.4 is 4.90 Å². The molecule has 4 aromatic rings. The highest BCUT2D eigenvalue weighted by molar-refractivity contribution is 6.05. The summed E-state index contributed by atoms with van der Waals surface area (Å²) in [6.45, 7) is 2.09. The number of anilines is 1. The number of fused-ring (bicyclic) bond motifs is 4. The van der Waals surface area contributed by atoms with Gasteiger partial charge in [-0.2, -0.15) is 9.61 Å². The summed E-state index contributed by atoms with van der Waals surface area (Å²) in [5.41, 5.74) is 2.89. The number of benzene rings is 2. The Kier molecular flexibility index (Phi) is 3.90. The lowest BCUT2D eigenvalue weighted by atomic mass is 9.96. The maximum atomic E-state index is 13.0. The molecule has 138 valence electrons. The summed E-state index contributed by atoms with van der Waals surface area (Å²) in [6.07, 6.45) is 6.99. The highest BCUT2D eigenvalue weighted by atomic mass is 16.2. The van der Waals surface area contributed by atoms with Crippen molar-refractivity contribution in [1.82, 2.24) is 19.8 Å². The van der Waals surface area contributed by atoms with Crippen LogP contribution in [0.5, 0.6) is 0 Å². The summed E-state index contributed by atoms with van der Waals surface area (Å²) >= 11 is 0. The van der Waals surface area contributed by atoms with Gasteiger partial charge in [0.05, 0.1) is 6.20 Å². The van der Waals surface area contributed by atoms with E-state index in [1.165, 1.54) is 5.56 Å². The van der Waals surface area contributed by atoms with Crippen LogP contribution in [0.2, 0.25) is 0 Å². The van der Waals surface area contributed by atoms with Crippen LogP contribution in [0.1, 0.15) is 24.7 Å². The molecule has 6 nitrogen and oxygen atoms in total. The predicted octanol–water partition coefficient (Wildman–Crippen LogP) is 3.66. The molecule has 0 radical (unpaired) electrons. The lowest BCUT2D eigenvalue weighted by Gasteiger charge is -2.34. The van der Waals surface area contributed by atoms with Crippen LogP contribution in [-0.4, -0.2) is 31.8 Å². The molecule has 1 aliphatic rings. The monoisotopic (exact) mass is 369 g/mol. The van der Waals surface area contributed by atoms with Crippen LogP contribution >= 0.6 is 0 Å². The second-order valence-electron chi connectivity index (χ2n) is 7.08. The van der Waals surface area contributed by atoms with Crippen molar-refractivity contribution in [3.05, 3.63) is 72.2 Å². The van der Waals surface area contributed by atoms with E-state index >= 15 is 0 Å². The van der Waals surface area contributed by atoms with Gasteiger partial charge in [0.2, 0.25) is 0 Å². The molecule has 0 saturated heterocycles. The fraction of sp³-hybridized carbons (Fsp3) is 0.182. The Balaban J connectivity index is 1.50. The third kappa shape index (κ3) is 2.65. The summed E-state index contributed by atoms with van der Waals surface area (Å²) in [4.78, 5) is 14.8. The Morgan fingerprint density at radius 2 is 1.93 bits per heavy atom. The highest BCUT2D eigenvalue weighted by Gasteiger charge is 2.26. The molecular formula is C22H19N5O. The number of nitrogens with zero attached hydrogens (tertiary/aromatic N) is 5. The molecule has 2 aromatic carbocycles. The Morgan fingerprint density at radius 3 is 2.86 bits per heavy atom. The highest BCUT2D eigenvalue weighted by Crippen LogP contribution is 2.30. The molecule has 2 aromatic heterocycles. The second-order valence-corrected chi connectivity index (χ2v) is 7.08. The molecule has 0 saturated carbocycles. The number of amides is 1. The minimum absolute atomic E-state index is 0.0582. The van der Waals surface area contributed by atoms with E-state index in [-0.39, 0.29) is 11.9 Å². The zero-order valence-corrected chi connectivity index (χ0v) is 15.5. The van der Waals surface area contributed by atoms with Crippen molar-refractivity contribution in [2.75, 3.05) is 4.90 Å². The standard InChI is InChI=1S/C22H19N5O/c1-15-10-11-16-6-3-5-9-19(16)26(15)21(28)13-12-20-24-25-22-18-8-4-2-7-17(18)14-23-27(20)22/h2-9,12-15H,10-11H2,1H3/b13-12+/t15-/m0/s1. The van der Waals surface area contributed by atoms with Crippen LogP contribution in [0.4, 0.5) is 5.69 Å². The minimum atomic E-state index is -0.0582. The van der Waals surface area contributed by atoms with Crippen molar-refractivity contribution < 1.29 is 4.79 Å². The molecule has 1 aliphatic heterocycles. The van der Waals surface area contributed by atoms with E-state index < -0.39 is 0 Å². The maximum absolute atomic E-state index is 13.0. The van der Waals surface area contributed by atoms with Gasteiger partial charge in [-0.3, -0.25) is 4.79 Å². The van der Waals surface area contributed by atoms with Crippen molar-refractivity contribution in [2.24, 2.45) is 0 Å². The summed E-state index contributed by atoms with van der Waals surface area (Å²) in [7, 11) is 0. The summed E-state index contributed by atoms with van der Waals surface area (Å²) in [5, 5.41) is 14.9. The van der Waals surface area contributed by atoms with Gasteiger partial charge >= 0.3 is 0 Å². The first-order valence-corrected chi connectivity index (χ1v) is 9.41. The van der Waals surface area contributed by atoms with Gasteiger partial charge < -0.3 is 4.90 Å². The first-order chi connectivity index (χ1) is 13.7. The van der Waals surface area contributed by atoms with E-state index in [0.717, 1.165) is 29.3 Å². The second kappa shape index (κ2) is 6.56. The van der Waals surface area contributed by atoms with Crippen molar-refractivity contribution in [3.63, 3.8) is 0 Å². The van der Waals surface area contributed by atoms with E-state index in [0.29, 0.717) is 11.5 Å². The molecule has 0 bridgehead atoms. The number of para-hydroxylation sites is 1. The molecule has 0 spiro atoms. The maximum Gasteiger partial charge on any atom is 0.251 e. The van der Waals surface area contributed by atoms with Gasteiger partial charge in [-0.05, 0) is 37.5 Å². The molecule has 1 atom stereocenters. The molecule has 5 rings (SSSR count). The molecule has 28 heavy (non-hydrogen) atoms. The SMILES string of the molecule is C[C@H]1CCc2ccccc2N1C(=O)/C=C/c1nnc2c3ccccc3cnn12. The molecular weight excluding hydrogens is 350 g/mol. The van der Waals surface area contributed by atoms with E-state index in [2.05, 4.69) is 28.3 Å². The number of carbonyl (C=O) groups excluding carboxylic acids is 1. The third-order valence-electron chi connectivity index (χ3n) is 5.31. The molecule has 1 amide bonds. The fourth-order valence-electron chi connectivity index (χ4n) is 3.86. The van der Waals surface area contributed by atoms with E-state index in [1.807, 2.05) is 47.4 Å². The smallest absolute Gasteiger partial charge is 0.251 e. The Morgan fingerprint density at radius 1 is 1.11 bits per heavy atom. The number of hydrogen-bond acceptors (Lipinski definition) is 4. The summed E-state index contributed by atoms with van der Waals surface area (Å²) in [5.74, 6) is 0.476. The van der Waals surface area contributed by atoms with Gasteiger partial charge in [0.25, 0.3) is 5.91 Å². The number of hydrogen-bond donors (Lipinski definition) is 0. The predicted molar refractivity (Wildman–Crippen MR) is 109 cm³/mol. The number of carbonyl (C=O) groups is 1. The van der Waals surface area contributed by atoms with Gasteiger partial charge in [0, 0.05) is 28.6 Å². The Bertz CT molecular complexity index is 1230. The van der Waals surface area contributed by atoms with Crippen LogP contribution in [0.25, 0.3) is 22.5 Å². The van der Waals surface area contributed by atoms with Crippen molar-refractivity contribution in [2.45, 2.75) is 25.8 Å². The number of aromatic nitrogens is 4. The Hall–Kier alpha value is -3.54. The van der Waals surface area contributed by atoms with Crippen LogP contribution in [0.3, 0.4) is 0 Å². The van der Waals surface area contributed by atoms with Crippen LogP contribution in [-0.2, 0) is 11.2 Å².